The van der Waals surface area contributed by atoms with Crippen molar-refractivity contribution in [3.63, 3.8) is 0 Å². The van der Waals surface area contributed by atoms with Gasteiger partial charge in [-0.15, -0.1) is 11.6 Å². The second-order valence-electron chi connectivity index (χ2n) is 4.83. The maximum absolute atomic E-state index is 12.1. The van der Waals surface area contributed by atoms with Gasteiger partial charge in [0.05, 0.1) is 11.7 Å². The van der Waals surface area contributed by atoms with Gasteiger partial charge in [0.25, 0.3) is 0 Å². The monoisotopic (exact) mass is 288 g/mol. The molecule has 0 atom stereocenters. The molecule has 0 radical (unpaired) electrons. The van der Waals surface area contributed by atoms with Crippen molar-refractivity contribution < 1.29 is 9.53 Å². The molecule has 0 amide bonds. The van der Waals surface area contributed by atoms with E-state index in [0.29, 0.717) is 11.4 Å². The molecular weight excluding hydrogens is 272 g/mol. The number of ether oxygens (including phenoxy) is 1. The van der Waals surface area contributed by atoms with E-state index in [4.69, 9.17) is 16.3 Å². The molecule has 0 aliphatic rings. The van der Waals surface area contributed by atoms with Crippen molar-refractivity contribution in [1.29, 1.82) is 0 Å². The van der Waals surface area contributed by atoms with Crippen LogP contribution >= 0.6 is 11.6 Å². The summed E-state index contributed by atoms with van der Waals surface area (Å²) in [6, 6.07) is 15.3. The highest BCUT2D eigenvalue weighted by Gasteiger charge is 2.14. The predicted octanol–water partition coefficient (Wildman–Crippen LogP) is 4.66. The van der Waals surface area contributed by atoms with E-state index in [1.54, 1.807) is 6.07 Å². The maximum atomic E-state index is 12.1. The molecule has 0 heterocycles. The van der Waals surface area contributed by atoms with Crippen molar-refractivity contribution in [1.82, 2.24) is 0 Å². The van der Waals surface area contributed by atoms with Gasteiger partial charge in [-0.25, -0.2) is 4.79 Å². The molecule has 2 rings (SSSR count). The van der Waals surface area contributed by atoms with Crippen LogP contribution in [0.1, 0.15) is 29.8 Å². The molecule has 0 spiro atoms. The van der Waals surface area contributed by atoms with Crippen LogP contribution in [0.15, 0.2) is 48.5 Å². The van der Waals surface area contributed by atoms with Gasteiger partial charge in [-0.05, 0) is 36.6 Å². The summed E-state index contributed by atoms with van der Waals surface area (Å²) in [4.78, 5) is 12.1. The molecule has 0 saturated heterocycles. The summed E-state index contributed by atoms with van der Waals surface area (Å²) in [5, 5.41) is 0. The molecular formula is C17H17ClO2. The Morgan fingerprint density at radius 2 is 1.75 bits per heavy atom. The quantitative estimate of drug-likeness (QED) is 0.604. The van der Waals surface area contributed by atoms with Gasteiger partial charge in [-0.1, -0.05) is 42.5 Å². The van der Waals surface area contributed by atoms with Gasteiger partial charge in [0, 0.05) is 5.88 Å². The number of carbonyl (C=O) groups excluding carboxylic acids is 1. The zero-order valence-electron chi connectivity index (χ0n) is 11.6. The average molecular weight is 289 g/mol. The Hall–Kier alpha value is -1.80. The highest BCUT2D eigenvalue weighted by Crippen LogP contribution is 2.25. The van der Waals surface area contributed by atoms with Crippen LogP contribution < -0.4 is 0 Å². The molecule has 104 valence electrons. The maximum Gasteiger partial charge on any atom is 0.339 e. The molecule has 0 unspecified atom stereocenters. The number of benzene rings is 2. The third-order valence-electron chi connectivity index (χ3n) is 2.91. The second-order valence-corrected chi connectivity index (χ2v) is 5.10. The van der Waals surface area contributed by atoms with Crippen LogP contribution in [0.4, 0.5) is 0 Å². The minimum atomic E-state index is -0.294. The van der Waals surface area contributed by atoms with Gasteiger partial charge in [0.1, 0.15) is 0 Å². The first-order chi connectivity index (χ1) is 9.61. The van der Waals surface area contributed by atoms with E-state index >= 15 is 0 Å². The largest absolute Gasteiger partial charge is 0.459 e. The minimum Gasteiger partial charge on any atom is -0.459 e. The van der Waals surface area contributed by atoms with Gasteiger partial charge < -0.3 is 4.74 Å². The van der Waals surface area contributed by atoms with Crippen LogP contribution in [0.5, 0.6) is 0 Å². The van der Waals surface area contributed by atoms with Crippen LogP contribution in [0.25, 0.3) is 11.1 Å². The number of rotatable bonds is 4. The second kappa shape index (κ2) is 6.58. The highest BCUT2D eigenvalue weighted by atomic mass is 35.5. The summed E-state index contributed by atoms with van der Waals surface area (Å²) in [5.74, 6) is 0.189. The lowest BCUT2D eigenvalue weighted by Crippen LogP contribution is -2.12. The van der Waals surface area contributed by atoms with Crippen LogP contribution in [-0.4, -0.2) is 12.1 Å². The van der Waals surface area contributed by atoms with Gasteiger partial charge in [-0.3, -0.25) is 0 Å². The van der Waals surface area contributed by atoms with Crippen molar-refractivity contribution in [3.05, 3.63) is 59.7 Å². The fourth-order valence-electron chi connectivity index (χ4n) is 1.96. The molecule has 0 fully saturated rings. The number of alkyl halides is 1. The molecule has 0 saturated carbocycles. The first kappa shape index (κ1) is 14.6. The van der Waals surface area contributed by atoms with Crippen molar-refractivity contribution in [2.75, 3.05) is 0 Å². The summed E-state index contributed by atoms with van der Waals surface area (Å²) in [7, 11) is 0. The van der Waals surface area contributed by atoms with E-state index in [2.05, 4.69) is 0 Å². The Bertz CT molecular complexity index is 588. The molecule has 2 aromatic rings. The molecule has 0 aromatic heterocycles. The number of carbonyl (C=O) groups is 1. The summed E-state index contributed by atoms with van der Waals surface area (Å²) in [6.07, 6.45) is -0.130. The molecule has 3 heteroatoms. The Kier molecular flexibility index (Phi) is 4.80. The normalized spacial score (nSPS) is 10.6. The number of halogens is 1. The fraction of sp³-hybridized carbons (Fsp3) is 0.235. The Morgan fingerprint density at radius 1 is 1.10 bits per heavy atom. The zero-order valence-corrected chi connectivity index (χ0v) is 12.4. The molecule has 2 nitrogen and oxygen atoms in total. The van der Waals surface area contributed by atoms with Crippen LogP contribution in [0.3, 0.4) is 0 Å². The standard InChI is InChI=1S/C17H17ClO2/c1-12(2)20-17(19)16-6-4-3-5-15(16)14-9-7-13(11-18)8-10-14/h3-10,12H,11H2,1-2H3. The topological polar surface area (TPSA) is 26.3 Å². The van der Waals surface area contributed by atoms with E-state index in [0.717, 1.165) is 16.7 Å². The SMILES string of the molecule is CC(C)OC(=O)c1ccccc1-c1ccc(CCl)cc1. The molecule has 2 aromatic carbocycles. The van der Waals surface area contributed by atoms with Crippen molar-refractivity contribution in [3.8, 4) is 11.1 Å². The van der Waals surface area contributed by atoms with Crippen LogP contribution in [0.2, 0.25) is 0 Å². The number of hydrogen-bond acceptors (Lipinski definition) is 2. The van der Waals surface area contributed by atoms with Gasteiger partial charge in [0.15, 0.2) is 0 Å². The van der Waals surface area contributed by atoms with Crippen LogP contribution in [-0.2, 0) is 10.6 Å². The summed E-state index contributed by atoms with van der Waals surface area (Å²) in [6.45, 7) is 3.69. The lowest BCUT2D eigenvalue weighted by molar-refractivity contribution is 0.0379. The highest BCUT2D eigenvalue weighted by molar-refractivity contribution is 6.17. The lowest BCUT2D eigenvalue weighted by atomic mass is 9.99. The molecule has 0 N–H and O–H groups in total. The summed E-state index contributed by atoms with van der Waals surface area (Å²) >= 11 is 5.79. The molecule has 0 bridgehead atoms. The molecule has 20 heavy (non-hydrogen) atoms. The van der Waals surface area contributed by atoms with Crippen molar-refractivity contribution in [2.24, 2.45) is 0 Å². The summed E-state index contributed by atoms with van der Waals surface area (Å²) in [5.41, 5.74) is 3.49. The zero-order chi connectivity index (χ0) is 14.5. The number of esters is 1. The van der Waals surface area contributed by atoms with Gasteiger partial charge in [-0.2, -0.15) is 0 Å². The fourth-order valence-corrected chi connectivity index (χ4v) is 2.14. The van der Waals surface area contributed by atoms with E-state index in [1.165, 1.54) is 0 Å². The number of hydrogen-bond donors (Lipinski definition) is 0. The van der Waals surface area contributed by atoms with E-state index < -0.39 is 0 Å². The molecule has 0 aliphatic carbocycles. The van der Waals surface area contributed by atoms with Crippen molar-refractivity contribution in [2.45, 2.75) is 25.8 Å². The van der Waals surface area contributed by atoms with Crippen molar-refractivity contribution >= 4 is 17.6 Å². The van der Waals surface area contributed by atoms with Gasteiger partial charge in [0.2, 0.25) is 0 Å². The minimum absolute atomic E-state index is 0.130. The third-order valence-corrected chi connectivity index (χ3v) is 3.22. The summed E-state index contributed by atoms with van der Waals surface area (Å²) < 4.78 is 5.28. The third kappa shape index (κ3) is 3.40. The van der Waals surface area contributed by atoms with E-state index in [-0.39, 0.29) is 12.1 Å². The predicted molar refractivity (Wildman–Crippen MR) is 82.0 cm³/mol. The Labute approximate surface area is 124 Å². The van der Waals surface area contributed by atoms with E-state index in [9.17, 15) is 4.79 Å². The smallest absolute Gasteiger partial charge is 0.339 e. The first-order valence-electron chi connectivity index (χ1n) is 6.57. The van der Waals surface area contributed by atoms with Gasteiger partial charge >= 0.3 is 5.97 Å². The van der Waals surface area contributed by atoms with E-state index in [1.807, 2.05) is 56.3 Å². The molecule has 0 aliphatic heterocycles. The average Bonchev–Trinajstić information content (AvgIpc) is 2.46. The van der Waals surface area contributed by atoms with Crippen LogP contribution in [0, 0.1) is 0 Å². The first-order valence-corrected chi connectivity index (χ1v) is 7.10. The Morgan fingerprint density at radius 3 is 2.35 bits per heavy atom. The Balaban J connectivity index is 2.38. The lowest BCUT2D eigenvalue weighted by Gasteiger charge is -2.12.